The Balaban J connectivity index is 2.34. The van der Waals surface area contributed by atoms with Gasteiger partial charge in [0.05, 0.1) is 11.6 Å². The van der Waals surface area contributed by atoms with Crippen molar-refractivity contribution < 1.29 is 14.2 Å². The van der Waals surface area contributed by atoms with Crippen molar-refractivity contribution in [3.8, 4) is 11.6 Å². The Morgan fingerprint density at radius 1 is 1.39 bits per heavy atom. The second kappa shape index (κ2) is 5.33. The van der Waals surface area contributed by atoms with Gasteiger partial charge in [-0.15, -0.1) is 0 Å². The molecular formula is C13H11ClFNO2. The van der Waals surface area contributed by atoms with Crippen LogP contribution in [-0.2, 0) is 6.61 Å². The van der Waals surface area contributed by atoms with E-state index in [1.165, 1.54) is 12.3 Å². The largest absolute Gasteiger partial charge is 0.435 e. The van der Waals surface area contributed by atoms with Gasteiger partial charge in [0.2, 0.25) is 0 Å². The zero-order valence-electron chi connectivity index (χ0n) is 9.65. The average molecular weight is 268 g/mol. The summed E-state index contributed by atoms with van der Waals surface area (Å²) in [4.78, 5) is 3.78. The molecule has 0 radical (unpaired) electrons. The van der Waals surface area contributed by atoms with Crippen LogP contribution in [0.4, 0.5) is 4.39 Å². The number of benzene rings is 1. The zero-order chi connectivity index (χ0) is 13.1. The Morgan fingerprint density at radius 2 is 2.17 bits per heavy atom. The molecule has 0 aliphatic heterocycles. The number of aliphatic hydroxyl groups excluding tert-OH is 1. The van der Waals surface area contributed by atoms with E-state index in [0.717, 1.165) is 5.56 Å². The average Bonchev–Trinajstić information content (AvgIpc) is 2.35. The second-order valence-corrected chi connectivity index (χ2v) is 4.19. The fourth-order valence-electron chi connectivity index (χ4n) is 1.45. The van der Waals surface area contributed by atoms with E-state index in [2.05, 4.69) is 4.98 Å². The highest BCUT2D eigenvalue weighted by Crippen LogP contribution is 2.30. The lowest BCUT2D eigenvalue weighted by atomic mass is 10.2. The SMILES string of the molecule is Cc1ccc(Oc2nccc(CO)c2F)c(Cl)c1. The third-order valence-electron chi connectivity index (χ3n) is 2.40. The number of halogens is 2. The van der Waals surface area contributed by atoms with E-state index in [9.17, 15) is 4.39 Å². The van der Waals surface area contributed by atoms with E-state index >= 15 is 0 Å². The Kier molecular flexibility index (Phi) is 3.79. The van der Waals surface area contributed by atoms with Crippen LogP contribution in [0.1, 0.15) is 11.1 Å². The zero-order valence-corrected chi connectivity index (χ0v) is 10.4. The standard InChI is InChI=1S/C13H11ClFNO2/c1-8-2-3-11(10(14)6-8)18-13-12(15)9(7-17)4-5-16-13/h2-6,17H,7H2,1H3. The highest BCUT2D eigenvalue weighted by molar-refractivity contribution is 6.32. The van der Waals surface area contributed by atoms with Gasteiger partial charge in [-0.2, -0.15) is 0 Å². The number of pyridine rings is 1. The number of aryl methyl sites for hydroxylation is 1. The van der Waals surface area contributed by atoms with Gasteiger partial charge in [-0.3, -0.25) is 0 Å². The maximum Gasteiger partial charge on any atom is 0.256 e. The molecule has 1 aromatic heterocycles. The van der Waals surface area contributed by atoms with Crippen molar-refractivity contribution in [2.75, 3.05) is 0 Å². The summed E-state index contributed by atoms with van der Waals surface area (Å²) in [5.41, 5.74) is 1.10. The number of aliphatic hydroxyl groups is 1. The number of hydrogen-bond donors (Lipinski definition) is 1. The van der Waals surface area contributed by atoms with Gasteiger partial charge in [0.1, 0.15) is 5.75 Å². The third-order valence-corrected chi connectivity index (χ3v) is 2.70. The molecule has 0 aliphatic carbocycles. The molecule has 2 rings (SSSR count). The Labute approximate surface area is 109 Å². The first kappa shape index (κ1) is 12.8. The van der Waals surface area contributed by atoms with Gasteiger partial charge in [-0.1, -0.05) is 17.7 Å². The molecule has 3 nitrogen and oxygen atoms in total. The lowest BCUT2D eigenvalue weighted by Gasteiger charge is -2.09. The first-order chi connectivity index (χ1) is 8.61. The molecule has 0 amide bonds. The number of rotatable bonds is 3. The maximum absolute atomic E-state index is 13.8. The van der Waals surface area contributed by atoms with Crippen LogP contribution < -0.4 is 4.74 Å². The highest BCUT2D eigenvalue weighted by atomic mass is 35.5. The smallest absolute Gasteiger partial charge is 0.256 e. The second-order valence-electron chi connectivity index (χ2n) is 3.78. The topological polar surface area (TPSA) is 42.4 Å². The molecule has 0 aliphatic rings. The van der Waals surface area contributed by atoms with Crippen LogP contribution in [-0.4, -0.2) is 10.1 Å². The van der Waals surface area contributed by atoms with Gasteiger partial charge < -0.3 is 9.84 Å². The summed E-state index contributed by atoms with van der Waals surface area (Å²) in [6.45, 7) is 1.48. The van der Waals surface area contributed by atoms with Crippen molar-refractivity contribution in [3.05, 3.63) is 52.4 Å². The van der Waals surface area contributed by atoms with E-state index in [1.54, 1.807) is 18.2 Å². The summed E-state index contributed by atoms with van der Waals surface area (Å²) in [6, 6.07) is 6.54. The summed E-state index contributed by atoms with van der Waals surface area (Å²) in [7, 11) is 0. The minimum absolute atomic E-state index is 0.128. The monoisotopic (exact) mass is 267 g/mol. The third kappa shape index (κ3) is 2.60. The summed E-state index contributed by atoms with van der Waals surface area (Å²) in [5.74, 6) is -0.562. The molecule has 0 saturated carbocycles. The van der Waals surface area contributed by atoms with Gasteiger partial charge in [0.15, 0.2) is 5.82 Å². The van der Waals surface area contributed by atoms with E-state index in [1.807, 2.05) is 6.92 Å². The minimum Gasteiger partial charge on any atom is -0.435 e. The predicted molar refractivity (Wildman–Crippen MR) is 66.4 cm³/mol. The molecule has 1 heterocycles. The molecule has 1 aromatic carbocycles. The Bertz CT molecular complexity index is 575. The molecule has 0 fully saturated rings. The molecule has 5 heteroatoms. The quantitative estimate of drug-likeness (QED) is 0.926. The van der Waals surface area contributed by atoms with Gasteiger partial charge in [-0.05, 0) is 30.7 Å². The molecule has 0 saturated heterocycles. The minimum atomic E-state index is -0.684. The molecule has 0 atom stereocenters. The molecule has 0 spiro atoms. The van der Waals surface area contributed by atoms with Gasteiger partial charge in [0, 0.05) is 11.8 Å². The van der Waals surface area contributed by atoms with E-state index < -0.39 is 12.4 Å². The summed E-state index contributed by atoms with van der Waals surface area (Å²) >= 11 is 5.98. The van der Waals surface area contributed by atoms with E-state index in [-0.39, 0.29) is 11.4 Å². The van der Waals surface area contributed by atoms with Crippen LogP contribution in [0.5, 0.6) is 11.6 Å². The lowest BCUT2D eigenvalue weighted by Crippen LogP contribution is -1.97. The summed E-state index contributed by atoms with van der Waals surface area (Å²) < 4.78 is 19.1. The van der Waals surface area contributed by atoms with Crippen LogP contribution in [0.2, 0.25) is 5.02 Å². The first-order valence-electron chi connectivity index (χ1n) is 5.30. The number of ether oxygens (including phenoxy) is 1. The van der Waals surface area contributed by atoms with E-state index in [4.69, 9.17) is 21.4 Å². The van der Waals surface area contributed by atoms with Crippen LogP contribution in [0.15, 0.2) is 30.5 Å². The van der Waals surface area contributed by atoms with Crippen molar-refractivity contribution in [2.24, 2.45) is 0 Å². The predicted octanol–water partition coefficient (Wildman–Crippen LogP) is 3.47. The van der Waals surface area contributed by atoms with Crippen molar-refractivity contribution in [3.63, 3.8) is 0 Å². The molecule has 1 N–H and O–H groups in total. The fraction of sp³-hybridized carbons (Fsp3) is 0.154. The molecule has 0 unspecified atom stereocenters. The van der Waals surface area contributed by atoms with Gasteiger partial charge in [-0.25, -0.2) is 9.37 Å². The number of aromatic nitrogens is 1. The molecular weight excluding hydrogens is 257 g/mol. The molecule has 0 bridgehead atoms. The number of hydrogen-bond acceptors (Lipinski definition) is 3. The van der Waals surface area contributed by atoms with Crippen molar-refractivity contribution in [1.29, 1.82) is 0 Å². The summed E-state index contributed by atoms with van der Waals surface area (Å²) in [6.07, 6.45) is 1.37. The molecule has 2 aromatic rings. The Hall–Kier alpha value is -1.65. The van der Waals surface area contributed by atoms with Crippen molar-refractivity contribution in [1.82, 2.24) is 4.98 Å². The lowest BCUT2D eigenvalue weighted by molar-refractivity contribution is 0.273. The van der Waals surface area contributed by atoms with Crippen molar-refractivity contribution >= 4 is 11.6 Å². The van der Waals surface area contributed by atoms with Crippen LogP contribution in [0, 0.1) is 12.7 Å². The highest BCUT2D eigenvalue weighted by Gasteiger charge is 2.12. The molecule has 18 heavy (non-hydrogen) atoms. The first-order valence-corrected chi connectivity index (χ1v) is 5.68. The Morgan fingerprint density at radius 3 is 2.83 bits per heavy atom. The van der Waals surface area contributed by atoms with Crippen molar-refractivity contribution in [2.45, 2.75) is 13.5 Å². The molecule has 94 valence electrons. The van der Waals surface area contributed by atoms with Crippen LogP contribution in [0.3, 0.4) is 0 Å². The van der Waals surface area contributed by atoms with E-state index in [0.29, 0.717) is 10.8 Å². The van der Waals surface area contributed by atoms with Gasteiger partial charge >= 0.3 is 0 Å². The summed E-state index contributed by atoms with van der Waals surface area (Å²) in [5, 5.41) is 9.33. The number of nitrogens with zero attached hydrogens (tertiary/aromatic N) is 1. The normalized spacial score (nSPS) is 10.4. The van der Waals surface area contributed by atoms with Gasteiger partial charge in [0.25, 0.3) is 5.88 Å². The van der Waals surface area contributed by atoms with Crippen LogP contribution >= 0.6 is 11.6 Å². The maximum atomic E-state index is 13.8. The van der Waals surface area contributed by atoms with Crippen LogP contribution in [0.25, 0.3) is 0 Å². The fourth-order valence-corrected chi connectivity index (χ4v) is 1.72.